The first-order valence-corrected chi connectivity index (χ1v) is 8.91. The lowest BCUT2D eigenvalue weighted by molar-refractivity contribution is 0.0997. The van der Waals surface area contributed by atoms with Gasteiger partial charge in [-0.1, -0.05) is 12.1 Å². The summed E-state index contributed by atoms with van der Waals surface area (Å²) in [5, 5.41) is 0. The fourth-order valence-corrected chi connectivity index (χ4v) is 3.07. The Bertz CT molecular complexity index is 1350. The summed E-state index contributed by atoms with van der Waals surface area (Å²) in [5.74, 6) is -2.75. The van der Waals surface area contributed by atoms with Gasteiger partial charge in [0.15, 0.2) is 28.8 Å². The molecule has 152 valence electrons. The molecule has 2 aromatic carbocycles. The number of aromatic amines is 1. The number of benzene rings is 2. The van der Waals surface area contributed by atoms with Crippen molar-refractivity contribution < 1.29 is 18.3 Å². The van der Waals surface area contributed by atoms with Gasteiger partial charge in [0, 0.05) is 5.56 Å². The van der Waals surface area contributed by atoms with Gasteiger partial charge in [0.2, 0.25) is 0 Å². The standard InChI is InChI=1S/C20H15F2N5O3/c1-2-30-14-6-4-3-5-13(14)27-19-16(25-20(27)29)15(17(23)28)24-18(26-19)10-7-8-11(21)12(22)9-10/h3-9H,2H2,1H3,(H2,23,28)(H,25,29). The average molecular weight is 411 g/mol. The molecule has 0 aliphatic heterocycles. The van der Waals surface area contributed by atoms with Crippen molar-refractivity contribution >= 4 is 17.1 Å². The van der Waals surface area contributed by atoms with Crippen molar-refractivity contribution in [3.8, 4) is 22.8 Å². The van der Waals surface area contributed by atoms with Gasteiger partial charge in [-0.2, -0.15) is 0 Å². The highest BCUT2D eigenvalue weighted by Gasteiger charge is 2.22. The number of aromatic nitrogens is 4. The number of nitrogens with zero attached hydrogens (tertiary/aromatic N) is 3. The summed E-state index contributed by atoms with van der Waals surface area (Å²) >= 11 is 0. The van der Waals surface area contributed by atoms with Crippen molar-refractivity contribution in [2.45, 2.75) is 6.92 Å². The highest BCUT2D eigenvalue weighted by Crippen LogP contribution is 2.27. The molecule has 2 aromatic heterocycles. The summed E-state index contributed by atoms with van der Waals surface area (Å²) in [6, 6.07) is 9.83. The maximum atomic E-state index is 13.7. The molecular weight excluding hydrogens is 396 g/mol. The van der Waals surface area contributed by atoms with E-state index < -0.39 is 23.2 Å². The minimum atomic E-state index is -1.11. The van der Waals surface area contributed by atoms with E-state index in [1.807, 2.05) is 0 Å². The smallest absolute Gasteiger partial charge is 0.332 e. The van der Waals surface area contributed by atoms with Crippen molar-refractivity contribution in [2.24, 2.45) is 5.73 Å². The first-order chi connectivity index (χ1) is 14.4. The van der Waals surface area contributed by atoms with Crippen LogP contribution < -0.4 is 16.2 Å². The van der Waals surface area contributed by atoms with Crippen LogP contribution in [-0.4, -0.2) is 32.0 Å². The Balaban J connectivity index is 2.05. The molecule has 8 nitrogen and oxygen atoms in total. The van der Waals surface area contributed by atoms with Gasteiger partial charge >= 0.3 is 5.69 Å². The minimum Gasteiger partial charge on any atom is -0.492 e. The Kier molecular flexibility index (Phi) is 4.74. The fourth-order valence-electron chi connectivity index (χ4n) is 3.07. The Hall–Kier alpha value is -4.08. The van der Waals surface area contributed by atoms with Crippen LogP contribution in [0.25, 0.3) is 28.2 Å². The van der Waals surface area contributed by atoms with E-state index in [4.69, 9.17) is 10.5 Å². The third-order valence-electron chi connectivity index (χ3n) is 4.35. The first kappa shape index (κ1) is 19.2. The first-order valence-electron chi connectivity index (χ1n) is 8.91. The van der Waals surface area contributed by atoms with Gasteiger partial charge in [-0.3, -0.25) is 4.79 Å². The van der Waals surface area contributed by atoms with E-state index in [1.54, 1.807) is 31.2 Å². The molecule has 2 heterocycles. The maximum Gasteiger partial charge on any atom is 0.332 e. The van der Waals surface area contributed by atoms with Gasteiger partial charge in [-0.05, 0) is 37.3 Å². The molecule has 0 fully saturated rings. The number of imidazole rings is 1. The topological polar surface area (TPSA) is 116 Å². The average Bonchev–Trinajstić information content (AvgIpc) is 3.05. The lowest BCUT2D eigenvalue weighted by Gasteiger charge is -2.11. The van der Waals surface area contributed by atoms with Gasteiger partial charge in [-0.15, -0.1) is 0 Å². The Morgan fingerprint density at radius 3 is 2.63 bits per heavy atom. The van der Waals surface area contributed by atoms with Crippen LogP contribution in [-0.2, 0) is 0 Å². The molecule has 0 bridgehead atoms. The molecule has 0 aliphatic rings. The molecule has 1 amide bonds. The van der Waals surface area contributed by atoms with E-state index in [0.717, 1.165) is 12.1 Å². The number of H-pyrrole nitrogens is 1. The number of primary amides is 1. The molecule has 30 heavy (non-hydrogen) atoms. The number of fused-ring (bicyclic) bond motifs is 1. The molecule has 0 spiro atoms. The van der Waals surface area contributed by atoms with Crippen LogP contribution in [0, 0.1) is 11.6 Å². The number of amides is 1. The Morgan fingerprint density at radius 2 is 1.93 bits per heavy atom. The number of para-hydroxylation sites is 2. The maximum absolute atomic E-state index is 13.7. The number of halogens is 2. The Labute approximate surface area is 168 Å². The zero-order valence-corrected chi connectivity index (χ0v) is 15.6. The monoisotopic (exact) mass is 411 g/mol. The lowest BCUT2D eigenvalue weighted by atomic mass is 10.2. The zero-order valence-electron chi connectivity index (χ0n) is 15.6. The summed E-state index contributed by atoms with van der Waals surface area (Å²) in [5.41, 5.74) is 5.12. The predicted octanol–water partition coefficient (Wildman–Crippen LogP) is 2.55. The number of nitrogens with one attached hydrogen (secondary N) is 1. The second-order valence-electron chi connectivity index (χ2n) is 6.25. The number of hydrogen-bond acceptors (Lipinski definition) is 5. The van der Waals surface area contributed by atoms with Crippen LogP contribution in [0.5, 0.6) is 5.75 Å². The SMILES string of the molecule is CCOc1ccccc1-n1c(=O)[nH]c2c(C(N)=O)nc(-c3ccc(F)c(F)c3)nc21. The molecule has 0 aliphatic carbocycles. The number of carbonyl (C=O) groups excluding carboxylic acids is 1. The number of rotatable bonds is 5. The lowest BCUT2D eigenvalue weighted by Crippen LogP contribution is -2.16. The molecule has 4 aromatic rings. The van der Waals surface area contributed by atoms with Crippen LogP contribution in [0.3, 0.4) is 0 Å². The normalized spacial score (nSPS) is 11.0. The molecule has 4 rings (SSSR count). The van der Waals surface area contributed by atoms with Gasteiger partial charge in [0.25, 0.3) is 5.91 Å². The van der Waals surface area contributed by atoms with Crippen LogP contribution in [0.15, 0.2) is 47.3 Å². The van der Waals surface area contributed by atoms with Crippen LogP contribution >= 0.6 is 0 Å². The van der Waals surface area contributed by atoms with Crippen molar-refractivity contribution in [3.05, 3.63) is 70.3 Å². The van der Waals surface area contributed by atoms with Crippen molar-refractivity contribution in [1.29, 1.82) is 0 Å². The number of carbonyl (C=O) groups is 1. The largest absolute Gasteiger partial charge is 0.492 e. The highest BCUT2D eigenvalue weighted by molar-refractivity contribution is 6.02. The van der Waals surface area contributed by atoms with E-state index in [-0.39, 0.29) is 28.2 Å². The third kappa shape index (κ3) is 3.17. The van der Waals surface area contributed by atoms with Crippen LogP contribution in [0.2, 0.25) is 0 Å². The quantitative estimate of drug-likeness (QED) is 0.524. The van der Waals surface area contributed by atoms with Crippen LogP contribution in [0.4, 0.5) is 8.78 Å². The van der Waals surface area contributed by atoms with E-state index in [9.17, 15) is 18.4 Å². The van der Waals surface area contributed by atoms with Gasteiger partial charge in [-0.25, -0.2) is 28.1 Å². The third-order valence-corrected chi connectivity index (χ3v) is 4.35. The number of nitrogens with two attached hydrogens (primary N) is 1. The summed E-state index contributed by atoms with van der Waals surface area (Å²) < 4.78 is 33.8. The molecule has 0 atom stereocenters. The van der Waals surface area contributed by atoms with Gasteiger partial charge in [0.1, 0.15) is 11.3 Å². The van der Waals surface area contributed by atoms with E-state index in [0.29, 0.717) is 18.0 Å². The summed E-state index contributed by atoms with van der Waals surface area (Å²) in [6.45, 7) is 2.15. The summed E-state index contributed by atoms with van der Waals surface area (Å²) in [7, 11) is 0. The van der Waals surface area contributed by atoms with Crippen molar-refractivity contribution in [2.75, 3.05) is 6.61 Å². The second-order valence-corrected chi connectivity index (χ2v) is 6.25. The molecule has 0 saturated heterocycles. The zero-order chi connectivity index (χ0) is 21.4. The molecule has 10 heteroatoms. The molecule has 0 radical (unpaired) electrons. The van der Waals surface area contributed by atoms with E-state index >= 15 is 0 Å². The van der Waals surface area contributed by atoms with Crippen molar-refractivity contribution in [1.82, 2.24) is 19.5 Å². The summed E-state index contributed by atoms with van der Waals surface area (Å²) in [6.07, 6.45) is 0. The van der Waals surface area contributed by atoms with Crippen molar-refractivity contribution in [3.63, 3.8) is 0 Å². The fraction of sp³-hybridized carbons (Fsp3) is 0.100. The second kappa shape index (κ2) is 7.39. The Morgan fingerprint density at radius 1 is 1.17 bits per heavy atom. The van der Waals surface area contributed by atoms with Crippen LogP contribution in [0.1, 0.15) is 17.4 Å². The molecule has 0 saturated carbocycles. The minimum absolute atomic E-state index is 0.0186. The highest BCUT2D eigenvalue weighted by atomic mass is 19.2. The van der Waals surface area contributed by atoms with Gasteiger partial charge in [0.05, 0.1) is 12.3 Å². The van der Waals surface area contributed by atoms with E-state index in [1.165, 1.54) is 10.6 Å². The summed E-state index contributed by atoms with van der Waals surface area (Å²) in [4.78, 5) is 35.6. The molecule has 3 N–H and O–H groups in total. The van der Waals surface area contributed by atoms with E-state index in [2.05, 4.69) is 15.0 Å². The number of hydrogen-bond donors (Lipinski definition) is 2. The molecule has 0 unspecified atom stereocenters. The number of ether oxygens (including phenoxy) is 1. The predicted molar refractivity (Wildman–Crippen MR) is 105 cm³/mol. The molecular formula is C20H15F2N5O3. The van der Waals surface area contributed by atoms with Gasteiger partial charge < -0.3 is 15.5 Å².